The van der Waals surface area contributed by atoms with Gasteiger partial charge in [-0.1, -0.05) is 6.07 Å². The van der Waals surface area contributed by atoms with Crippen LogP contribution in [0.25, 0.3) is 0 Å². The Kier molecular flexibility index (Phi) is 4.01. The SMILES string of the molecule is CCOc1ccc(C2NN=C3CCN(C)CC32)cc1OC. The predicted octanol–water partition coefficient (Wildman–Crippen LogP) is 2.05. The molecule has 1 aromatic rings. The summed E-state index contributed by atoms with van der Waals surface area (Å²) in [6.07, 6.45) is 1.05. The van der Waals surface area contributed by atoms with E-state index in [2.05, 4.69) is 34.6 Å². The summed E-state index contributed by atoms with van der Waals surface area (Å²) in [5.74, 6) is 2.03. The molecular formula is C16H23N3O2. The third kappa shape index (κ3) is 2.70. The maximum Gasteiger partial charge on any atom is 0.161 e. The van der Waals surface area contributed by atoms with E-state index in [0.29, 0.717) is 12.5 Å². The molecule has 3 rings (SSSR count). The van der Waals surface area contributed by atoms with Crippen molar-refractivity contribution in [3.05, 3.63) is 23.8 Å². The number of nitrogens with zero attached hydrogens (tertiary/aromatic N) is 2. The highest BCUT2D eigenvalue weighted by atomic mass is 16.5. The molecule has 5 heteroatoms. The van der Waals surface area contributed by atoms with E-state index in [1.54, 1.807) is 7.11 Å². The van der Waals surface area contributed by atoms with E-state index in [0.717, 1.165) is 31.0 Å². The van der Waals surface area contributed by atoms with Crippen LogP contribution < -0.4 is 14.9 Å². The van der Waals surface area contributed by atoms with Gasteiger partial charge in [-0.05, 0) is 31.7 Å². The average Bonchev–Trinajstić information content (AvgIpc) is 2.91. The van der Waals surface area contributed by atoms with Crippen molar-refractivity contribution in [3.63, 3.8) is 0 Å². The Hall–Kier alpha value is -1.75. The lowest BCUT2D eigenvalue weighted by atomic mass is 9.86. The van der Waals surface area contributed by atoms with Crippen LogP contribution in [0.1, 0.15) is 24.9 Å². The van der Waals surface area contributed by atoms with Gasteiger partial charge in [0.25, 0.3) is 0 Å². The van der Waals surface area contributed by atoms with Gasteiger partial charge in [0.2, 0.25) is 0 Å². The molecule has 0 aliphatic carbocycles. The number of ether oxygens (including phenoxy) is 2. The average molecular weight is 289 g/mol. The molecule has 21 heavy (non-hydrogen) atoms. The first kappa shape index (κ1) is 14.2. The molecule has 0 aromatic heterocycles. The summed E-state index contributed by atoms with van der Waals surface area (Å²) in [5.41, 5.74) is 5.80. The number of methoxy groups -OCH3 is 1. The van der Waals surface area contributed by atoms with Crippen LogP contribution in [-0.4, -0.2) is 44.5 Å². The zero-order chi connectivity index (χ0) is 14.8. The van der Waals surface area contributed by atoms with Crippen molar-refractivity contribution in [3.8, 4) is 11.5 Å². The standard InChI is InChI=1S/C16H23N3O2/c1-4-21-14-6-5-11(9-15(14)20-3)16-12-10-19(2)8-7-13(12)17-18-16/h5-6,9,12,16,18H,4,7-8,10H2,1-3H3. The van der Waals surface area contributed by atoms with Crippen molar-refractivity contribution in [1.82, 2.24) is 10.3 Å². The van der Waals surface area contributed by atoms with Crippen molar-refractivity contribution >= 4 is 5.71 Å². The number of hydrogen-bond acceptors (Lipinski definition) is 5. The minimum atomic E-state index is 0.229. The summed E-state index contributed by atoms with van der Waals surface area (Å²) in [5, 5.41) is 4.53. The maximum atomic E-state index is 5.59. The minimum absolute atomic E-state index is 0.229. The number of hydrogen-bond donors (Lipinski definition) is 1. The molecule has 114 valence electrons. The normalized spacial score (nSPS) is 25.0. The van der Waals surface area contributed by atoms with Gasteiger partial charge in [0.05, 0.1) is 19.8 Å². The first-order valence-corrected chi connectivity index (χ1v) is 7.54. The molecule has 0 radical (unpaired) electrons. The number of benzene rings is 1. The molecule has 0 amide bonds. The van der Waals surface area contributed by atoms with E-state index in [1.807, 2.05) is 13.0 Å². The van der Waals surface area contributed by atoms with Gasteiger partial charge >= 0.3 is 0 Å². The smallest absolute Gasteiger partial charge is 0.161 e. The van der Waals surface area contributed by atoms with Gasteiger partial charge in [-0.25, -0.2) is 0 Å². The summed E-state index contributed by atoms with van der Waals surface area (Å²) in [7, 11) is 3.85. The van der Waals surface area contributed by atoms with Crippen LogP contribution in [0.2, 0.25) is 0 Å². The van der Waals surface area contributed by atoms with Gasteiger partial charge in [0.15, 0.2) is 11.5 Å². The number of likely N-dealkylation sites (tertiary alicyclic amines) is 1. The van der Waals surface area contributed by atoms with Crippen molar-refractivity contribution in [1.29, 1.82) is 0 Å². The van der Waals surface area contributed by atoms with Crippen LogP contribution >= 0.6 is 0 Å². The van der Waals surface area contributed by atoms with E-state index in [-0.39, 0.29) is 6.04 Å². The maximum absolute atomic E-state index is 5.59. The topological polar surface area (TPSA) is 46.1 Å². The largest absolute Gasteiger partial charge is 0.493 e. The van der Waals surface area contributed by atoms with Crippen LogP contribution in [0.3, 0.4) is 0 Å². The molecule has 1 aromatic carbocycles. The Labute approximate surface area is 125 Å². The van der Waals surface area contributed by atoms with Gasteiger partial charge in [-0.15, -0.1) is 0 Å². The van der Waals surface area contributed by atoms with E-state index < -0.39 is 0 Å². The Bertz CT molecular complexity index is 544. The fourth-order valence-corrected chi connectivity index (χ4v) is 3.16. The zero-order valence-electron chi connectivity index (χ0n) is 12.9. The van der Waals surface area contributed by atoms with Crippen LogP contribution in [0.5, 0.6) is 11.5 Å². The molecule has 2 unspecified atom stereocenters. The second kappa shape index (κ2) is 5.93. The van der Waals surface area contributed by atoms with Crippen LogP contribution in [0.4, 0.5) is 0 Å². The summed E-state index contributed by atoms with van der Waals surface area (Å²) in [4.78, 5) is 2.37. The molecule has 1 saturated heterocycles. The van der Waals surface area contributed by atoms with E-state index >= 15 is 0 Å². The van der Waals surface area contributed by atoms with Gasteiger partial charge in [0.1, 0.15) is 0 Å². The summed E-state index contributed by atoms with van der Waals surface area (Å²) in [6, 6.07) is 6.39. The second-order valence-corrected chi connectivity index (χ2v) is 5.67. The molecule has 2 aliphatic rings. The second-order valence-electron chi connectivity index (χ2n) is 5.67. The third-order valence-corrected chi connectivity index (χ3v) is 4.28. The quantitative estimate of drug-likeness (QED) is 0.921. The summed E-state index contributed by atoms with van der Waals surface area (Å²) >= 11 is 0. The van der Waals surface area contributed by atoms with E-state index in [9.17, 15) is 0 Å². The minimum Gasteiger partial charge on any atom is -0.493 e. The molecule has 0 saturated carbocycles. The number of hydrazone groups is 1. The third-order valence-electron chi connectivity index (χ3n) is 4.28. The molecule has 5 nitrogen and oxygen atoms in total. The highest BCUT2D eigenvalue weighted by Crippen LogP contribution is 2.36. The first-order chi connectivity index (χ1) is 10.2. The number of piperidine rings is 1. The molecule has 0 spiro atoms. The molecule has 0 bridgehead atoms. The summed E-state index contributed by atoms with van der Waals surface area (Å²) < 4.78 is 11.0. The lowest BCUT2D eigenvalue weighted by molar-refractivity contribution is 0.272. The van der Waals surface area contributed by atoms with E-state index in [1.165, 1.54) is 11.3 Å². The molecule has 2 heterocycles. The lowest BCUT2D eigenvalue weighted by Crippen LogP contribution is -2.39. The van der Waals surface area contributed by atoms with Gasteiger partial charge in [0, 0.05) is 31.1 Å². The fraction of sp³-hybridized carbons (Fsp3) is 0.562. The van der Waals surface area contributed by atoms with Crippen LogP contribution in [0, 0.1) is 5.92 Å². The lowest BCUT2D eigenvalue weighted by Gasteiger charge is -2.31. The highest BCUT2D eigenvalue weighted by molar-refractivity contribution is 5.89. The van der Waals surface area contributed by atoms with Gasteiger partial charge in [-0.3, -0.25) is 0 Å². The Balaban J connectivity index is 1.84. The molecule has 1 fully saturated rings. The fourth-order valence-electron chi connectivity index (χ4n) is 3.16. The number of nitrogens with one attached hydrogen (secondary N) is 1. The van der Waals surface area contributed by atoms with Gasteiger partial charge in [-0.2, -0.15) is 5.10 Å². The monoisotopic (exact) mass is 289 g/mol. The van der Waals surface area contributed by atoms with Crippen molar-refractivity contribution in [2.45, 2.75) is 19.4 Å². The predicted molar refractivity (Wildman–Crippen MR) is 83.1 cm³/mol. The number of fused-ring (bicyclic) bond motifs is 1. The Morgan fingerprint density at radius 3 is 3.00 bits per heavy atom. The molecular weight excluding hydrogens is 266 g/mol. The highest BCUT2D eigenvalue weighted by Gasteiger charge is 2.36. The van der Waals surface area contributed by atoms with Gasteiger partial charge < -0.3 is 19.8 Å². The Morgan fingerprint density at radius 1 is 1.38 bits per heavy atom. The molecule has 1 N–H and O–H groups in total. The summed E-state index contributed by atoms with van der Waals surface area (Å²) in [6.45, 7) is 4.75. The van der Waals surface area contributed by atoms with Crippen molar-refractivity contribution in [2.24, 2.45) is 11.0 Å². The first-order valence-electron chi connectivity index (χ1n) is 7.54. The van der Waals surface area contributed by atoms with Crippen LogP contribution in [0.15, 0.2) is 23.3 Å². The van der Waals surface area contributed by atoms with Crippen LogP contribution in [-0.2, 0) is 0 Å². The molecule has 2 aliphatic heterocycles. The Morgan fingerprint density at radius 2 is 2.24 bits per heavy atom. The van der Waals surface area contributed by atoms with Crippen molar-refractivity contribution in [2.75, 3.05) is 33.9 Å². The zero-order valence-corrected chi connectivity index (χ0v) is 12.9. The van der Waals surface area contributed by atoms with E-state index in [4.69, 9.17) is 9.47 Å². The van der Waals surface area contributed by atoms with Crippen molar-refractivity contribution < 1.29 is 9.47 Å². The molecule has 2 atom stereocenters. The number of rotatable bonds is 4.